The number of aromatic nitrogens is 3. The first-order valence-corrected chi connectivity index (χ1v) is 9.30. The summed E-state index contributed by atoms with van der Waals surface area (Å²) in [6, 6.07) is 2.45. The molecule has 1 aliphatic heterocycles. The van der Waals surface area contributed by atoms with Gasteiger partial charge in [-0.1, -0.05) is 0 Å². The third-order valence-electron chi connectivity index (χ3n) is 5.24. The fourth-order valence-corrected chi connectivity index (χ4v) is 3.72. The van der Waals surface area contributed by atoms with Gasteiger partial charge in [0.1, 0.15) is 24.7 Å². The number of hydrogen-bond donors (Lipinski definition) is 1. The highest BCUT2D eigenvalue weighted by atomic mass is 16.5. The molecule has 2 fully saturated rings. The third-order valence-corrected chi connectivity index (χ3v) is 5.24. The van der Waals surface area contributed by atoms with Crippen molar-refractivity contribution >= 4 is 5.91 Å². The van der Waals surface area contributed by atoms with Crippen molar-refractivity contribution in [2.75, 3.05) is 26.3 Å². The van der Waals surface area contributed by atoms with E-state index in [-0.39, 0.29) is 11.9 Å². The molecule has 3 heterocycles. The third kappa shape index (κ3) is 4.13. The normalized spacial score (nSPS) is 24.5. The van der Waals surface area contributed by atoms with Gasteiger partial charge in [-0.2, -0.15) is 5.10 Å². The first-order valence-electron chi connectivity index (χ1n) is 9.30. The van der Waals surface area contributed by atoms with Crippen LogP contribution in [0, 0.1) is 0 Å². The number of carbonyl (C=O) groups excluding carboxylic acids is 1. The summed E-state index contributed by atoms with van der Waals surface area (Å²) in [5.41, 5.74) is 0.603. The molecule has 0 bridgehead atoms. The Hall–Kier alpha value is -2.19. The lowest BCUT2D eigenvalue weighted by Gasteiger charge is -2.28. The van der Waals surface area contributed by atoms with E-state index in [1.165, 1.54) is 0 Å². The molecule has 1 aliphatic carbocycles. The van der Waals surface area contributed by atoms with Crippen LogP contribution in [-0.4, -0.2) is 57.9 Å². The van der Waals surface area contributed by atoms with Gasteiger partial charge in [0.2, 0.25) is 0 Å². The molecule has 0 atom stereocenters. The highest BCUT2D eigenvalue weighted by Crippen LogP contribution is 2.27. The Morgan fingerprint density at radius 2 is 2.04 bits per heavy atom. The van der Waals surface area contributed by atoms with Crippen LogP contribution in [0.3, 0.4) is 0 Å². The molecule has 2 aromatic heterocycles. The van der Waals surface area contributed by atoms with Gasteiger partial charge in [-0.25, -0.2) is 9.67 Å². The second-order valence-corrected chi connectivity index (χ2v) is 7.04. The van der Waals surface area contributed by atoms with E-state index in [0.717, 1.165) is 64.3 Å². The van der Waals surface area contributed by atoms with Crippen LogP contribution in [0.1, 0.15) is 47.8 Å². The number of ether oxygens (including phenoxy) is 1. The maximum Gasteiger partial charge on any atom is 0.254 e. The molecule has 0 unspecified atom stereocenters. The number of morpholine rings is 1. The molecule has 8 heteroatoms. The van der Waals surface area contributed by atoms with E-state index in [2.05, 4.69) is 20.3 Å². The number of hydrogen-bond acceptors (Lipinski definition) is 6. The smallest absolute Gasteiger partial charge is 0.254 e. The van der Waals surface area contributed by atoms with E-state index >= 15 is 0 Å². The number of furan rings is 1. The molecular weight excluding hydrogens is 334 g/mol. The lowest BCUT2D eigenvalue weighted by atomic mass is 9.91. The summed E-state index contributed by atoms with van der Waals surface area (Å²) in [6.07, 6.45) is 8.81. The van der Waals surface area contributed by atoms with Crippen LogP contribution < -0.4 is 5.32 Å². The largest absolute Gasteiger partial charge is 0.467 e. The van der Waals surface area contributed by atoms with Crippen LogP contribution >= 0.6 is 0 Å². The van der Waals surface area contributed by atoms with E-state index in [1.54, 1.807) is 18.9 Å². The fourth-order valence-electron chi connectivity index (χ4n) is 3.72. The van der Waals surface area contributed by atoms with Gasteiger partial charge in [0.25, 0.3) is 5.91 Å². The first-order chi connectivity index (χ1) is 12.8. The number of nitrogens with one attached hydrogen (secondary N) is 1. The van der Waals surface area contributed by atoms with Crippen molar-refractivity contribution in [1.82, 2.24) is 25.0 Å². The van der Waals surface area contributed by atoms with Crippen molar-refractivity contribution in [2.24, 2.45) is 0 Å². The van der Waals surface area contributed by atoms with Gasteiger partial charge < -0.3 is 14.5 Å². The van der Waals surface area contributed by atoms with Gasteiger partial charge >= 0.3 is 0 Å². The van der Waals surface area contributed by atoms with Crippen LogP contribution in [0.5, 0.6) is 0 Å². The number of nitrogens with zero attached hydrogens (tertiary/aromatic N) is 4. The summed E-state index contributed by atoms with van der Waals surface area (Å²) in [4.78, 5) is 18.8. The van der Waals surface area contributed by atoms with Crippen molar-refractivity contribution < 1.29 is 13.9 Å². The first kappa shape index (κ1) is 17.2. The summed E-state index contributed by atoms with van der Waals surface area (Å²) in [5, 5.41) is 7.36. The molecule has 8 nitrogen and oxygen atoms in total. The topological polar surface area (TPSA) is 85.4 Å². The van der Waals surface area contributed by atoms with E-state index < -0.39 is 0 Å². The van der Waals surface area contributed by atoms with E-state index in [9.17, 15) is 4.79 Å². The second-order valence-electron chi connectivity index (χ2n) is 7.04. The summed E-state index contributed by atoms with van der Waals surface area (Å²) in [5.74, 6) is 0.776. The Bertz CT molecular complexity index is 700. The molecule has 0 aromatic carbocycles. The van der Waals surface area contributed by atoms with E-state index in [4.69, 9.17) is 9.15 Å². The Morgan fingerprint density at radius 1 is 1.23 bits per heavy atom. The van der Waals surface area contributed by atoms with Crippen molar-refractivity contribution in [3.63, 3.8) is 0 Å². The fraction of sp³-hybridized carbons (Fsp3) is 0.611. The molecule has 0 radical (unpaired) electrons. The van der Waals surface area contributed by atoms with Gasteiger partial charge in [0, 0.05) is 19.1 Å². The molecular formula is C18H25N5O3. The number of rotatable bonds is 5. The lowest BCUT2D eigenvalue weighted by Crippen LogP contribution is -2.38. The average molecular weight is 359 g/mol. The van der Waals surface area contributed by atoms with Gasteiger partial charge in [0.05, 0.1) is 31.4 Å². The zero-order valence-corrected chi connectivity index (χ0v) is 14.8. The Balaban J connectivity index is 1.26. The SMILES string of the molecule is O=C(NC1CCC(n2cncn2)CC1)c1coc(CN2CCOCC2)c1. The molecule has 4 rings (SSSR count). The quantitative estimate of drug-likeness (QED) is 0.873. The zero-order valence-electron chi connectivity index (χ0n) is 14.8. The van der Waals surface area contributed by atoms with Gasteiger partial charge in [-0.05, 0) is 31.7 Å². The van der Waals surface area contributed by atoms with Gasteiger partial charge in [0.15, 0.2) is 0 Å². The minimum Gasteiger partial charge on any atom is -0.467 e. The van der Waals surface area contributed by atoms with Crippen LogP contribution in [0.15, 0.2) is 29.4 Å². The highest BCUT2D eigenvalue weighted by Gasteiger charge is 2.25. The van der Waals surface area contributed by atoms with Crippen molar-refractivity contribution in [3.8, 4) is 0 Å². The molecule has 2 aromatic rings. The van der Waals surface area contributed by atoms with Crippen LogP contribution in [0.2, 0.25) is 0 Å². The van der Waals surface area contributed by atoms with Crippen LogP contribution in [0.25, 0.3) is 0 Å². The second kappa shape index (κ2) is 8.01. The van der Waals surface area contributed by atoms with Gasteiger partial charge in [-0.15, -0.1) is 0 Å². The summed E-state index contributed by atoms with van der Waals surface area (Å²) >= 11 is 0. The van der Waals surface area contributed by atoms with Crippen molar-refractivity contribution in [3.05, 3.63) is 36.3 Å². The number of amides is 1. The lowest BCUT2D eigenvalue weighted by molar-refractivity contribution is 0.0313. The maximum atomic E-state index is 12.5. The monoisotopic (exact) mass is 359 g/mol. The molecule has 0 spiro atoms. The van der Waals surface area contributed by atoms with Crippen LogP contribution in [0.4, 0.5) is 0 Å². The van der Waals surface area contributed by atoms with Gasteiger partial charge in [-0.3, -0.25) is 9.69 Å². The maximum absolute atomic E-state index is 12.5. The zero-order chi connectivity index (χ0) is 17.8. The summed E-state index contributed by atoms with van der Waals surface area (Å²) < 4.78 is 12.9. The molecule has 1 saturated carbocycles. The summed E-state index contributed by atoms with van der Waals surface area (Å²) in [7, 11) is 0. The Labute approximate surface area is 152 Å². The van der Waals surface area contributed by atoms with E-state index in [1.807, 2.05) is 10.7 Å². The molecule has 1 saturated heterocycles. The minimum absolute atomic E-state index is 0.0498. The molecule has 140 valence electrons. The Kier molecular flexibility index (Phi) is 5.31. The summed E-state index contributed by atoms with van der Waals surface area (Å²) in [6.45, 7) is 4.03. The molecule has 1 N–H and O–H groups in total. The molecule has 26 heavy (non-hydrogen) atoms. The molecule has 1 amide bonds. The average Bonchev–Trinajstić information content (AvgIpc) is 3.35. The Morgan fingerprint density at radius 3 is 2.77 bits per heavy atom. The highest BCUT2D eigenvalue weighted by molar-refractivity contribution is 5.94. The van der Waals surface area contributed by atoms with E-state index in [0.29, 0.717) is 11.6 Å². The molecule has 2 aliphatic rings. The standard InChI is InChI=1S/C18H25N5O3/c24-18(14-9-17(26-11-14)10-22-5-7-25-8-6-22)21-15-1-3-16(4-2-15)23-13-19-12-20-23/h9,11-13,15-16H,1-8,10H2,(H,21,24). The van der Waals surface area contributed by atoms with Crippen LogP contribution in [-0.2, 0) is 11.3 Å². The minimum atomic E-state index is -0.0498. The predicted molar refractivity (Wildman–Crippen MR) is 93.6 cm³/mol. The van der Waals surface area contributed by atoms with Crippen molar-refractivity contribution in [1.29, 1.82) is 0 Å². The number of carbonyl (C=O) groups is 1. The predicted octanol–water partition coefficient (Wildman–Crippen LogP) is 1.62. The van der Waals surface area contributed by atoms with Crippen molar-refractivity contribution in [2.45, 2.75) is 44.3 Å².